The van der Waals surface area contributed by atoms with Gasteiger partial charge in [-0.25, -0.2) is 9.78 Å². The van der Waals surface area contributed by atoms with Gasteiger partial charge in [0.2, 0.25) is 5.79 Å². The first kappa shape index (κ1) is 24.9. The van der Waals surface area contributed by atoms with Crippen LogP contribution in [0.15, 0.2) is 0 Å². The molecule has 4 heteroatoms. The van der Waals surface area contributed by atoms with Gasteiger partial charge >= 0.3 is 0 Å². The lowest BCUT2D eigenvalue weighted by atomic mass is 9.73. The highest BCUT2D eigenvalue weighted by molar-refractivity contribution is 4.88. The molecule has 1 saturated carbocycles. The predicted octanol–water partition coefficient (Wildman–Crippen LogP) is 7.22. The van der Waals surface area contributed by atoms with Gasteiger partial charge in [-0.2, -0.15) is 9.78 Å². The van der Waals surface area contributed by atoms with E-state index in [4.69, 9.17) is 19.6 Å². The van der Waals surface area contributed by atoms with Gasteiger partial charge in [0.25, 0.3) is 0 Å². The summed E-state index contributed by atoms with van der Waals surface area (Å²) < 4.78 is 0. The molecule has 2 unspecified atom stereocenters. The number of hydrogen-bond donors (Lipinski definition) is 0. The Morgan fingerprint density at radius 1 is 0.741 bits per heavy atom. The molecule has 0 radical (unpaired) electrons. The van der Waals surface area contributed by atoms with Crippen molar-refractivity contribution in [3.8, 4) is 0 Å². The number of hydrogen-bond acceptors (Lipinski definition) is 4. The Labute approximate surface area is 168 Å². The van der Waals surface area contributed by atoms with Crippen LogP contribution in [0.25, 0.3) is 0 Å². The van der Waals surface area contributed by atoms with Crippen molar-refractivity contribution in [3.05, 3.63) is 0 Å². The summed E-state index contributed by atoms with van der Waals surface area (Å²) in [5, 5.41) is 0. The summed E-state index contributed by atoms with van der Waals surface area (Å²) in [6.45, 7) is 19.4. The molecule has 0 heterocycles. The molecule has 1 rings (SSSR count). The summed E-state index contributed by atoms with van der Waals surface area (Å²) in [6.07, 6.45) is 8.54. The second-order valence-corrected chi connectivity index (χ2v) is 10.2. The second-order valence-electron chi connectivity index (χ2n) is 10.2. The normalized spacial score (nSPS) is 26.3. The smallest absolute Gasteiger partial charge is 0.228 e. The largest absolute Gasteiger partial charge is 0.239 e. The first-order valence-electron chi connectivity index (χ1n) is 11.2. The summed E-state index contributed by atoms with van der Waals surface area (Å²) >= 11 is 0. The summed E-state index contributed by atoms with van der Waals surface area (Å²) in [6, 6.07) is 0. The van der Waals surface area contributed by atoms with Crippen LogP contribution in [0.1, 0.15) is 114 Å². The second kappa shape index (κ2) is 10.6. The van der Waals surface area contributed by atoms with Crippen molar-refractivity contribution < 1.29 is 19.6 Å². The van der Waals surface area contributed by atoms with E-state index in [9.17, 15) is 0 Å². The Hall–Kier alpha value is -0.160. The van der Waals surface area contributed by atoms with Gasteiger partial charge in [0.15, 0.2) is 0 Å². The fraction of sp³-hybridized carbons (Fsp3) is 1.00. The summed E-state index contributed by atoms with van der Waals surface area (Å²) in [7, 11) is 0. The van der Waals surface area contributed by atoms with E-state index in [-0.39, 0.29) is 23.0 Å². The predicted molar refractivity (Wildman–Crippen MR) is 111 cm³/mol. The fourth-order valence-electron chi connectivity index (χ4n) is 4.10. The third-order valence-electron chi connectivity index (χ3n) is 5.95. The molecule has 0 N–H and O–H groups in total. The van der Waals surface area contributed by atoms with E-state index < -0.39 is 5.79 Å². The van der Waals surface area contributed by atoms with Crippen molar-refractivity contribution >= 4 is 0 Å². The summed E-state index contributed by atoms with van der Waals surface area (Å²) in [5.41, 5.74) is -0.681. The molecule has 1 aliphatic carbocycles. The van der Waals surface area contributed by atoms with Crippen molar-refractivity contribution in [2.24, 2.45) is 17.8 Å². The quantitative estimate of drug-likeness (QED) is 0.201. The summed E-state index contributed by atoms with van der Waals surface area (Å²) in [5.74, 6) is 0.177. The Bertz CT molecular complexity index is 381. The zero-order chi connectivity index (χ0) is 20.7. The molecule has 0 aromatic heterocycles. The zero-order valence-corrected chi connectivity index (χ0v) is 19.5. The molecule has 27 heavy (non-hydrogen) atoms. The van der Waals surface area contributed by atoms with Crippen molar-refractivity contribution in [2.45, 2.75) is 131 Å². The highest BCUT2D eigenvalue weighted by Gasteiger charge is 2.52. The average Bonchev–Trinajstić information content (AvgIpc) is 2.57. The number of unbranched alkanes of at least 4 members (excludes halogenated alkanes) is 2. The highest BCUT2D eigenvalue weighted by atomic mass is 17.3. The Kier molecular flexibility index (Phi) is 9.74. The first-order valence-corrected chi connectivity index (χ1v) is 11.2. The van der Waals surface area contributed by atoms with E-state index in [2.05, 4.69) is 62.3 Å². The molecule has 0 aliphatic heterocycles. The van der Waals surface area contributed by atoms with Crippen LogP contribution >= 0.6 is 0 Å². The van der Waals surface area contributed by atoms with E-state index in [0.717, 1.165) is 51.4 Å². The Morgan fingerprint density at radius 2 is 1.11 bits per heavy atom. The molecule has 0 aromatic rings. The van der Waals surface area contributed by atoms with Crippen molar-refractivity contribution in [2.75, 3.05) is 0 Å². The minimum atomic E-state index is -0.862. The van der Waals surface area contributed by atoms with E-state index in [1.807, 2.05) is 0 Å². The van der Waals surface area contributed by atoms with Gasteiger partial charge in [-0.1, -0.05) is 60.3 Å². The van der Waals surface area contributed by atoms with Gasteiger partial charge < -0.3 is 0 Å². The standard InChI is InChI=1S/C23H46O4/c1-10-12-14-21(6,7)24-26-23(19(4)16-18(3)17-20(23)5)27-25-22(8,9)15-13-11-2/h18-20H,10-17H2,1-9H3. The van der Waals surface area contributed by atoms with Gasteiger partial charge in [-0.05, 0) is 59.3 Å². The maximum atomic E-state index is 6.16. The third-order valence-corrected chi connectivity index (χ3v) is 5.95. The van der Waals surface area contributed by atoms with Crippen LogP contribution in [-0.4, -0.2) is 17.0 Å². The molecule has 2 atom stereocenters. The fourth-order valence-corrected chi connectivity index (χ4v) is 4.10. The molecular formula is C23H46O4. The molecule has 4 nitrogen and oxygen atoms in total. The van der Waals surface area contributed by atoms with Crippen molar-refractivity contribution in [1.29, 1.82) is 0 Å². The monoisotopic (exact) mass is 386 g/mol. The van der Waals surface area contributed by atoms with Crippen LogP contribution in [0, 0.1) is 17.8 Å². The Morgan fingerprint density at radius 3 is 1.44 bits per heavy atom. The number of rotatable bonds is 12. The summed E-state index contributed by atoms with van der Waals surface area (Å²) in [4.78, 5) is 24.3. The third kappa shape index (κ3) is 7.64. The van der Waals surface area contributed by atoms with Crippen molar-refractivity contribution in [3.63, 3.8) is 0 Å². The van der Waals surface area contributed by atoms with Crippen LogP contribution in [0.5, 0.6) is 0 Å². The van der Waals surface area contributed by atoms with E-state index in [1.165, 1.54) is 0 Å². The van der Waals surface area contributed by atoms with Crippen LogP contribution in [0.4, 0.5) is 0 Å². The molecule has 0 aromatic carbocycles. The Balaban J connectivity index is 2.90. The molecule has 0 spiro atoms. The maximum Gasteiger partial charge on any atom is 0.239 e. The minimum Gasteiger partial charge on any atom is -0.228 e. The van der Waals surface area contributed by atoms with Crippen LogP contribution in [0.3, 0.4) is 0 Å². The lowest BCUT2D eigenvalue weighted by Crippen LogP contribution is -2.54. The lowest BCUT2D eigenvalue weighted by molar-refractivity contribution is -0.567. The molecule has 162 valence electrons. The molecule has 0 bridgehead atoms. The van der Waals surface area contributed by atoms with E-state index >= 15 is 0 Å². The van der Waals surface area contributed by atoms with Crippen molar-refractivity contribution in [1.82, 2.24) is 0 Å². The van der Waals surface area contributed by atoms with Crippen LogP contribution in [-0.2, 0) is 19.6 Å². The molecular weight excluding hydrogens is 340 g/mol. The highest BCUT2D eigenvalue weighted by Crippen LogP contribution is 2.46. The van der Waals surface area contributed by atoms with Gasteiger partial charge in [-0.15, -0.1) is 0 Å². The average molecular weight is 387 g/mol. The topological polar surface area (TPSA) is 36.9 Å². The first-order chi connectivity index (χ1) is 12.5. The zero-order valence-electron chi connectivity index (χ0n) is 19.5. The van der Waals surface area contributed by atoms with Gasteiger partial charge in [0.1, 0.15) is 0 Å². The molecule has 1 fully saturated rings. The lowest BCUT2D eigenvalue weighted by Gasteiger charge is -2.47. The molecule has 0 saturated heterocycles. The van der Waals surface area contributed by atoms with Gasteiger partial charge in [0, 0.05) is 11.8 Å². The van der Waals surface area contributed by atoms with Crippen LogP contribution < -0.4 is 0 Å². The van der Waals surface area contributed by atoms with Gasteiger partial charge in [0.05, 0.1) is 11.2 Å². The van der Waals surface area contributed by atoms with E-state index in [0.29, 0.717) is 5.92 Å². The maximum absolute atomic E-state index is 6.16. The molecule has 1 aliphatic rings. The SMILES string of the molecule is CCCCC(C)(C)OOC1(OOC(C)(C)CCCC)C(C)CC(C)CC1C. The van der Waals surface area contributed by atoms with Gasteiger partial charge in [-0.3, -0.25) is 0 Å². The molecule has 0 amide bonds. The minimum absolute atomic E-state index is 0.195. The van der Waals surface area contributed by atoms with Crippen LogP contribution in [0.2, 0.25) is 0 Å². The van der Waals surface area contributed by atoms with E-state index in [1.54, 1.807) is 0 Å².